The highest BCUT2D eigenvalue weighted by Crippen LogP contribution is 2.27. The van der Waals surface area contributed by atoms with Crippen molar-refractivity contribution in [1.82, 2.24) is 4.57 Å². The molecule has 0 bridgehead atoms. The smallest absolute Gasteiger partial charge is 0.326 e. The van der Waals surface area contributed by atoms with E-state index in [1.807, 2.05) is 30.3 Å². The van der Waals surface area contributed by atoms with Crippen LogP contribution in [0.3, 0.4) is 0 Å². The van der Waals surface area contributed by atoms with E-state index < -0.39 is 11.9 Å². The highest BCUT2D eigenvalue weighted by Gasteiger charge is 2.17. The Balaban J connectivity index is 1.78. The molecule has 1 heterocycles. The van der Waals surface area contributed by atoms with Crippen molar-refractivity contribution in [1.29, 1.82) is 0 Å². The lowest BCUT2D eigenvalue weighted by atomic mass is 10.2. The highest BCUT2D eigenvalue weighted by atomic mass is 35.5. The molecule has 0 aliphatic rings. The van der Waals surface area contributed by atoms with E-state index in [2.05, 4.69) is 4.99 Å². The first-order valence-corrected chi connectivity index (χ1v) is 11.1. The fourth-order valence-electron chi connectivity index (χ4n) is 3.15. The molecule has 0 aliphatic carbocycles. The Morgan fingerprint density at radius 1 is 1.00 bits per heavy atom. The fraction of sp³-hybridized carbons (Fsp3) is 0.125. The summed E-state index contributed by atoms with van der Waals surface area (Å²) in [6.07, 6.45) is 0. The first kappa shape index (κ1) is 21.8. The zero-order valence-corrected chi connectivity index (χ0v) is 18.7. The zero-order chi connectivity index (χ0) is 22.5. The Hall–Kier alpha value is -3.42. The molecule has 8 heteroatoms. The van der Waals surface area contributed by atoms with E-state index in [-0.39, 0.29) is 13.2 Å². The summed E-state index contributed by atoms with van der Waals surface area (Å²) in [5.74, 6) is 0.0768. The number of amides is 1. The van der Waals surface area contributed by atoms with E-state index in [9.17, 15) is 9.59 Å². The van der Waals surface area contributed by atoms with E-state index in [1.54, 1.807) is 54.0 Å². The molecule has 0 N–H and O–H groups in total. The van der Waals surface area contributed by atoms with Crippen molar-refractivity contribution in [2.24, 2.45) is 4.99 Å². The van der Waals surface area contributed by atoms with Gasteiger partial charge in [0.1, 0.15) is 18.0 Å². The summed E-state index contributed by atoms with van der Waals surface area (Å²) in [7, 11) is 0. The van der Waals surface area contributed by atoms with E-state index >= 15 is 0 Å². The van der Waals surface area contributed by atoms with Crippen molar-refractivity contribution in [2.75, 3.05) is 6.61 Å². The third-order valence-electron chi connectivity index (χ3n) is 4.53. The third kappa shape index (κ3) is 4.74. The predicted molar refractivity (Wildman–Crippen MR) is 124 cm³/mol. The average Bonchev–Trinajstić information content (AvgIpc) is 3.13. The average molecular weight is 467 g/mol. The number of esters is 1. The number of nitrogens with zero attached hydrogens (tertiary/aromatic N) is 2. The van der Waals surface area contributed by atoms with Crippen molar-refractivity contribution < 1.29 is 19.1 Å². The van der Waals surface area contributed by atoms with Crippen LogP contribution in [-0.4, -0.2) is 23.1 Å². The van der Waals surface area contributed by atoms with E-state index in [1.165, 1.54) is 11.3 Å². The third-order valence-corrected chi connectivity index (χ3v) is 5.88. The van der Waals surface area contributed by atoms with Crippen molar-refractivity contribution in [3.63, 3.8) is 0 Å². The van der Waals surface area contributed by atoms with Crippen LogP contribution < -0.4 is 9.54 Å². The molecule has 6 nitrogen and oxygen atoms in total. The van der Waals surface area contributed by atoms with E-state index in [4.69, 9.17) is 21.1 Å². The van der Waals surface area contributed by atoms with Crippen molar-refractivity contribution in [3.05, 3.63) is 88.2 Å². The Bertz CT molecular complexity index is 1350. The maximum absolute atomic E-state index is 13.1. The van der Waals surface area contributed by atoms with Crippen molar-refractivity contribution in [3.8, 4) is 11.5 Å². The molecule has 1 amide bonds. The maximum Gasteiger partial charge on any atom is 0.326 e. The first-order chi connectivity index (χ1) is 15.6. The molecule has 0 fully saturated rings. The number of ether oxygens (including phenoxy) is 2. The van der Waals surface area contributed by atoms with Gasteiger partial charge in [-0.25, -0.2) is 0 Å². The van der Waals surface area contributed by atoms with Gasteiger partial charge in [0, 0.05) is 0 Å². The van der Waals surface area contributed by atoms with Crippen molar-refractivity contribution >= 4 is 45.0 Å². The topological polar surface area (TPSA) is 69.9 Å². The lowest BCUT2D eigenvalue weighted by Crippen LogP contribution is -2.23. The number of benzene rings is 3. The van der Waals surface area contributed by atoms with Gasteiger partial charge in [0.2, 0.25) is 0 Å². The number of carbonyl (C=O) groups is 2. The lowest BCUT2D eigenvalue weighted by Gasteiger charge is -2.09. The molecule has 162 valence electrons. The van der Waals surface area contributed by atoms with Crippen LogP contribution in [0.15, 0.2) is 77.8 Å². The predicted octanol–water partition coefficient (Wildman–Crippen LogP) is 5.45. The first-order valence-electron chi connectivity index (χ1n) is 9.91. The molecular weight excluding hydrogens is 448 g/mol. The van der Waals surface area contributed by atoms with Crippen LogP contribution in [-0.2, 0) is 16.1 Å². The summed E-state index contributed by atoms with van der Waals surface area (Å²) in [5.41, 5.74) is 0.940. The Labute approximate surface area is 193 Å². The quantitative estimate of drug-likeness (QED) is 0.354. The monoisotopic (exact) mass is 466 g/mol. The van der Waals surface area contributed by atoms with E-state index in [0.717, 1.165) is 4.70 Å². The SMILES string of the molecule is CCOC(=O)Cn1c(=NC(=O)c2ccccc2Oc2ccccc2)sc2cccc(Cl)c21. The summed E-state index contributed by atoms with van der Waals surface area (Å²) in [6, 6.07) is 21.5. The van der Waals surface area contributed by atoms with Crippen LogP contribution in [0.4, 0.5) is 0 Å². The Kier molecular flexibility index (Phi) is 6.68. The summed E-state index contributed by atoms with van der Waals surface area (Å²) in [5, 5.41) is 0.463. The Morgan fingerprint density at radius 3 is 2.53 bits per heavy atom. The second-order valence-electron chi connectivity index (χ2n) is 6.69. The number of para-hydroxylation sites is 3. The van der Waals surface area contributed by atoms with Crippen LogP contribution in [0.1, 0.15) is 17.3 Å². The van der Waals surface area contributed by atoms with Crippen LogP contribution in [0.25, 0.3) is 10.2 Å². The summed E-state index contributed by atoms with van der Waals surface area (Å²) in [6.45, 7) is 1.89. The fourth-order valence-corrected chi connectivity index (χ4v) is 4.54. The van der Waals surface area contributed by atoms with Gasteiger partial charge in [0.15, 0.2) is 4.80 Å². The number of aromatic nitrogens is 1. The second kappa shape index (κ2) is 9.80. The molecule has 0 unspecified atom stereocenters. The van der Waals surface area contributed by atoms with Gasteiger partial charge in [0.25, 0.3) is 5.91 Å². The molecule has 32 heavy (non-hydrogen) atoms. The van der Waals surface area contributed by atoms with E-state index in [0.29, 0.717) is 32.4 Å². The molecule has 1 aromatic heterocycles. The van der Waals surface area contributed by atoms with Crippen LogP contribution in [0.5, 0.6) is 11.5 Å². The van der Waals surface area contributed by atoms with Gasteiger partial charge < -0.3 is 14.0 Å². The summed E-state index contributed by atoms with van der Waals surface area (Å²) >= 11 is 7.67. The van der Waals surface area contributed by atoms with Gasteiger partial charge in [-0.15, -0.1) is 0 Å². The number of hydrogen-bond donors (Lipinski definition) is 0. The molecule has 3 aromatic carbocycles. The Morgan fingerprint density at radius 2 is 1.75 bits per heavy atom. The molecule has 0 spiro atoms. The van der Waals surface area contributed by atoms with Gasteiger partial charge in [-0.05, 0) is 43.3 Å². The van der Waals surface area contributed by atoms with Crippen LogP contribution >= 0.6 is 22.9 Å². The zero-order valence-electron chi connectivity index (χ0n) is 17.2. The van der Waals surface area contributed by atoms with Crippen LogP contribution in [0, 0.1) is 0 Å². The minimum atomic E-state index is -0.489. The van der Waals surface area contributed by atoms with Gasteiger partial charge in [-0.1, -0.05) is 59.3 Å². The number of rotatable bonds is 6. The number of carbonyl (C=O) groups excluding carboxylic acids is 2. The number of thiazole rings is 1. The number of fused-ring (bicyclic) bond motifs is 1. The normalized spacial score (nSPS) is 11.5. The highest BCUT2D eigenvalue weighted by molar-refractivity contribution is 7.16. The second-order valence-corrected chi connectivity index (χ2v) is 8.11. The number of halogens is 1. The van der Waals surface area contributed by atoms with Gasteiger partial charge in [0.05, 0.1) is 27.4 Å². The largest absolute Gasteiger partial charge is 0.465 e. The molecule has 0 atom stereocenters. The summed E-state index contributed by atoms with van der Waals surface area (Å²) in [4.78, 5) is 30.0. The molecule has 0 radical (unpaired) electrons. The van der Waals surface area contributed by atoms with Gasteiger partial charge in [-0.3, -0.25) is 9.59 Å². The molecule has 0 saturated carbocycles. The molecule has 4 rings (SSSR count). The van der Waals surface area contributed by atoms with Crippen LogP contribution in [0.2, 0.25) is 5.02 Å². The minimum Gasteiger partial charge on any atom is -0.465 e. The molecule has 0 aliphatic heterocycles. The van der Waals surface area contributed by atoms with Gasteiger partial charge in [-0.2, -0.15) is 4.99 Å². The lowest BCUT2D eigenvalue weighted by molar-refractivity contribution is -0.143. The molecule has 4 aromatic rings. The van der Waals surface area contributed by atoms with Gasteiger partial charge >= 0.3 is 5.97 Å². The molecular formula is C24H19ClN2O4S. The van der Waals surface area contributed by atoms with Crippen molar-refractivity contribution in [2.45, 2.75) is 13.5 Å². The summed E-state index contributed by atoms with van der Waals surface area (Å²) < 4.78 is 13.4. The molecule has 0 saturated heterocycles. The minimum absolute atomic E-state index is 0.105. The number of hydrogen-bond acceptors (Lipinski definition) is 5. The standard InChI is InChI=1S/C24H19ClN2O4S/c1-2-30-21(28)15-27-22-18(25)12-8-14-20(22)32-24(27)26-23(29)17-11-6-7-13-19(17)31-16-9-4-3-5-10-16/h3-14H,2,15H2,1H3. The maximum atomic E-state index is 13.1.